The van der Waals surface area contributed by atoms with Crippen molar-refractivity contribution >= 4 is 21.4 Å². The zero-order valence-electron chi connectivity index (χ0n) is 10.7. The maximum atomic E-state index is 12.0. The van der Waals surface area contributed by atoms with Crippen molar-refractivity contribution < 1.29 is 8.42 Å². The molecule has 0 aliphatic heterocycles. The first-order chi connectivity index (χ1) is 9.07. The lowest BCUT2D eigenvalue weighted by molar-refractivity contribution is 0.568. The van der Waals surface area contributed by atoms with Gasteiger partial charge in [0.15, 0.2) is 0 Å². The van der Waals surface area contributed by atoms with Crippen molar-refractivity contribution in [3.63, 3.8) is 0 Å². The molecule has 0 aliphatic rings. The van der Waals surface area contributed by atoms with Crippen LogP contribution in [-0.4, -0.2) is 14.2 Å². The van der Waals surface area contributed by atoms with Crippen LogP contribution in [0.3, 0.4) is 0 Å². The second-order valence-corrected chi connectivity index (χ2v) is 7.26. The molecule has 2 aromatic rings. The summed E-state index contributed by atoms with van der Waals surface area (Å²) in [6.07, 6.45) is 0.535. The van der Waals surface area contributed by atoms with E-state index in [1.54, 1.807) is 11.3 Å². The summed E-state index contributed by atoms with van der Waals surface area (Å²) in [7, 11) is -3.25. The van der Waals surface area contributed by atoms with Crippen molar-refractivity contribution in [1.29, 1.82) is 0 Å². The molecule has 1 heterocycles. The minimum Gasteiger partial charge on any atom is -0.212 e. The molecule has 5 heteroatoms. The van der Waals surface area contributed by atoms with Crippen molar-refractivity contribution in [3.05, 3.63) is 58.3 Å². The van der Waals surface area contributed by atoms with Gasteiger partial charge >= 0.3 is 0 Å². The fourth-order valence-electron chi connectivity index (χ4n) is 1.82. The topological polar surface area (TPSA) is 46.2 Å². The van der Waals surface area contributed by atoms with E-state index in [0.717, 1.165) is 10.4 Å². The maximum absolute atomic E-state index is 12.0. The van der Waals surface area contributed by atoms with Gasteiger partial charge in [0.2, 0.25) is 10.0 Å². The van der Waals surface area contributed by atoms with E-state index in [-0.39, 0.29) is 11.8 Å². The van der Waals surface area contributed by atoms with Crippen LogP contribution in [0.15, 0.2) is 47.8 Å². The quantitative estimate of drug-likeness (QED) is 0.890. The Morgan fingerprint density at radius 2 is 1.89 bits per heavy atom. The molecule has 1 N–H and O–H groups in total. The van der Waals surface area contributed by atoms with Crippen LogP contribution in [0.4, 0.5) is 0 Å². The minimum absolute atomic E-state index is 0.118. The first-order valence-electron chi connectivity index (χ1n) is 6.14. The van der Waals surface area contributed by atoms with Crippen LogP contribution < -0.4 is 4.72 Å². The van der Waals surface area contributed by atoms with Gasteiger partial charge in [-0.15, -0.1) is 11.3 Å². The zero-order chi connectivity index (χ0) is 13.7. The second kappa shape index (κ2) is 6.32. The summed E-state index contributed by atoms with van der Waals surface area (Å²) in [5.41, 5.74) is 1.04. The smallest absolute Gasteiger partial charge is 0.212 e. The Labute approximate surface area is 118 Å². The van der Waals surface area contributed by atoms with E-state index in [1.165, 1.54) is 0 Å². The van der Waals surface area contributed by atoms with Gasteiger partial charge in [0.1, 0.15) is 0 Å². The Balaban J connectivity index is 1.92. The van der Waals surface area contributed by atoms with Gasteiger partial charge in [0.05, 0.1) is 11.8 Å². The highest BCUT2D eigenvalue weighted by Crippen LogP contribution is 2.19. The lowest BCUT2D eigenvalue weighted by Crippen LogP contribution is -2.29. The molecule has 1 aromatic carbocycles. The summed E-state index contributed by atoms with van der Waals surface area (Å²) < 4.78 is 26.7. The number of hydrogen-bond donors (Lipinski definition) is 1. The van der Waals surface area contributed by atoms with Crippen LogP contribution in [0.25, 0.3) is 0 Å². The van der Waals surface area contributed by atoms with Crippen molar-refractivity contribution in [3.8, 4) is 0 Å². The lowest BCUT2D eigenvalue weighted by atomic mass is 10.2. The van der Waals surface area contributed by atoms with E-state index in [2.05, 4.69) is 4.72 Å². The van der Waals surface area contributed by atoms with Gasteiger partial charge in [-0.05, 0) is 30.4 Å². The zero-order valence-corrected chi connectivity index (χ0v) is 12.4. The van der Waals surface area contributed by atoms with Gasteiger partial charge in [-0.2, -0.15) is 0 Å². The highest BCUT2D eigenvalue weighted by atomic mass is 32.2. The van der Waals surface area contributed by atoms with Gasteiger partial charge in [-0.3, -0.25) is 0 Å². The molecule has 1 aromatic heterocycles. The maximum Gasteiger partial charge on any atom is 0.212 e. The fourth-order valence-corrected chi connectivity index (χ4v) is 3.92. The number of thiophene rings is 1. The van der Waals surface area contributed by atoms with Crippen LogP contribution in [0, 0.1) is 0 Å². The predicted octanol–water partition coefficient (Wildman–Crippen LogP) is 2.97. The number of aryl methyl sites for hydroxylation is 1. The van der Waals surface area contributed by atoms with Crippen molar-refractivity contribution in [2.75, 3.05) is 5.75 Å². The van der Waals surface area contributed by atoms with Crippen LogP contribution in [0.2, 0.25) is 0 Å². The van der Waals surface area contributed by atoms with E-state index in [9.17, 15) is 8.42 Å². The summed E-state index contributed by atoms with van der Waals surface area (Å²) in [5, 5.41) is 1.95. The Kier molecular flexibility index (Phi) is 4.74. The third-order valence-corrected chi connectivity index (χ3v) is 5.34. The molecule has 19 heavy (non-hydrogen) atoms. The standard InChI is InChI=1S/C14H17NO2S2/c1-12(14-8-5-10-18-14)15-19(16,17)11-9-13-6-3-2-4-7-13/h2-8,10,12,15H,9,11H2,1H3. The SMILES string of the molecule is CC(NS(=O)(=O)CCc1ccccc1)c1cccs1. The van der Waals surface area contributed by atoms with E-state index in [4.69, 9.17) is 0 Å². The molecule has 0 spiro atoms. The Morgan fingerprint density at radius 1 is 1.16 bits per heavy atom. The summed E-state index contributed by atoms with van der Waals surface area (Å²) in [6, 6.07) is 13.4. The Hall–Kier alpha value is -1.17. The van der Waals surface area contributed by atoms with Gasteiger partial charge in [0, 0.05) is 4.88 Å². The molecule has 2 rings (SSSR count). The number of sulfonamides is 1. The van der Waals surface area contributed by atoms with E-state index < -0.39 is 10.0 Å². The molecular weight excluding hydrogens is 278 g/mol. The Bertz CT molecular complexity index is 592. The normalized spacial score (nSPS) is 13.3. The van der Waals surface area contributed by atoms with Gasteiger partial charge < -0.3 is 0 Å². The average molecular weight is 295 g/mol. The van der Waals surface area contributed by atoms with E-state index >= 15 is 0 Å². The number of benzene rings is 1. The van der Waals surface area contributed by atoms with Crippen LogP contribution in [0.1, 0.15) is 23.4 Å². The van der Waals surface area contributed by atoms with Gasteiger partial charge in [0.25, 0.3) is 0 Å². The molecule has 0 bridgehead atoms. The number of hydrogen-bond acceptors (Lipinski definition) is 3. The van der Waals surface area contributed by atoms with Gasteiger partial charge in [-0.1, -0.05) is 36.4 Å². The van der Waals surface area contributed by atoms with Crippen LogP contribution in [-0.2, 0) is 16.4 Å². The average Bonchev–Trinajstić information content (AvgIpc) is 2.91. The molecule has 0 saturated heterocycles. The molecule has 0 amide bonds. The first kappa shape index (κ1) is 14.2. The lowest BCUT2D eigenvalue weighted by Gasteiger charge is -2.12. The summed E-state index contributed by atoms with van der Waals surface area (Å²) in [5.74, 6) is 0.118. The molecule has 3 nitrogen and oxygen atoms in total. The van der Waals surface area contributed by atoms with E-state index in [0.29, 0.717) is 6.42 Å². The first-order valence-corrected chi connectivity index (χ1v) is 8.67. The summed E-state index contributed by atoms with van der Waals surface area (Å²) in [6.45, 7) is 1.87. The van der Waals surface area contributed by atoms with Crippen molar-refractivity contribution in [2.45, 2.75) is 19.4 Å². The van der Waals surface area contributed by atoms with Crippen LogP contribution >= 0.6 is 11.3 Å². The Morgan fingerprint density at radius 3 is 2.53 bits per heavy atom. The molecule has 0 saturated carbocycles. The van der Waals surface area contributed by atoms with Crippen molar-refractivity contribution in [1.82, 2.24) is 4.72 Å². The summed E-state index contributed by atoms with van der Waals surface area (Å²) >= 11 is 1.56. The third-order valence-electron chi connectivity index (χ3n) is 2.83. The van der Waals surface area contributed by atoms with Gasteiger partial charge in [-0.25, -0.2) is 13.1 Å². The predicted molar refractivity (Wildman–Crippen MR) is 79.8 cm³/mol. The molecule has 1 unspecified atom stereocenters. The number of nitrogens with one attached hydrogen (secondary N) is 1. The largest absolute Gasteiger partial charge is 0.212 e. The molecular formula is C14H17NO2S2. The molecule has 0 radical (unpaired) electrons. The van der Waals surface area contributed by atoms with Crippen LogP contribution in [0.5, 0.6) is 0 Å². The minimum atomic E-state index is -3.25. The summed E-state index contributed by atoms with van der Waals surface area (Å²) in [4.78, 5) is 1.03. The third kappa shape index (κ3) is 4.45. The molecule has 0 fully saturated rings. The highest BCUT2D eigenvalue weighted by Gasteiger charge is 2.16. The van der Waals surface area contributed by atoms with E-state index in [1.807, 2.05) is 54.8 Å². The fraction of sp³-hybridized carbons (Fsp3) is 0.286. The molecule has 0 aliphatic carbocycles. The van der Waals surface area contributed by atoms with Crippen molar-refractivity contribution in [2.24, 2.45) is 0 Å². The molecule has 102 valence electrons. The number of rotatable bonds is 6. The second-order valence-electron chi connectivity index (χ2n) is 4.41. The monoisotopic (exact) mass is 295 g/mol. The molecule has 1 atom stereocenters. The highest BCUT2D eigenvalue weighted by molar-refractivity contribution is 7.89.